The maximum absolute atomic E-state index is 12.8. The summed E-state index contributed by atoms with van der Waals surface area (Å²) in [4.78, 5) is 21.5. The average molecular weight is 423 g/mol. The van der Waals surface area contributed by atoms with Gasteiger partial charge in [0.15, 0.2) is 0 Å². The Bertz CT molecular complexity index is 1010. The summed E-state index contributed by atoms with van der Waals surface area (Å²) < 4.78 is 5.54. The first-order valence-electron chi connectivity index (χ1n) is 10.9. The molecule has 1 aromatic carbocycles. The zero-order valence-electron chi connectivity index (χ0n) is 18.6. The highest BCUT2D eigenvalue weighted by molar-refractivity contribution is 5.92. The number of nitrogens with zero attached hydrogens (tertiary/aromatic N) is 5. The molecule has 0 aliphatic carbocycles. The van der Waals surface area contributed by atoms with E-state index in [9.17, 15) is 4.79 Å². The molecule has 1 fully saturated rings. The van der Waals surface area contributed by atoms with E-state index in [1.54, 1.807) is 0 Å². The Morgan fingerprint density at radius 2 is 1.84 bits per heavy atom. The number of carbonyl (C=O) groups excluding carboxylic acids is 1. The van der Waals surface area contributed by atoms with E-state index in [-0.39, 0.29) is 11.9 Å². The summed E-state index contributed by atoms with van der Waals surface area (Å²) in [6.45, 7) is 11.2. The van der Waals surface area contributed by atoms with Crippen LogP contribution >= 0.6 is 0 Å². The van der Waals surface area contributed by atoms with Gasteiger partial charge in [-0.15, -0.1) is 0 Å². The predicted molar refractivity (Wildman–Crippen MR) is 117 cm³/mol. The Hall–Kier alpha value is -3.00. The van der Waals surface area contributed by atoms with Crippen molar-refractivity contribution in [2.45, 2.75) is 40.2 Å². The van der Waals surface area contributed by atoms with Crippen molar-refractivity contribution in [3.63, 3.8) is 0 Å². The molecule has 164 valence electrons. The van der Waals surface area contributed by atoms with Crippen LogP contribution in [-0.4, -0.2) is 62.2 Å². The molecule has 0 radical (unpaired) electrons. The number of amides is 1. The quantitative estimate of drug-likeness (QED) is 0.654. The first-order chi connectivity index (χ1) is 14.9. The van der Waals surface area contributed by atoms with E-state index in [1.807, 2.05) is 35.2 Å². The number of rotatable bonds is 6. The summed E-state index contributed by atoms with van der Waals surface area (Å²) in [5.41, 5.74) is 3.64. The lowest BCUT2D eigenvalue weighted by molar-refractivity contribution is 0.0546. The largest absolute Gasteiger partial charge is 0.337 e. The number of nitrogens with one attached hydrogen (secondary N) is 1. The van der Waals surface area contributed by atoms with Gasteiger partial charge in [-0.2, -0.15) is 10.1 Å². The van der Waals surface area contributed by atoms with Crippen LogP contribution in [0, 0.1) is 12.8 Å². The van der Waals surface area contributed by atoms with E-state index in [1.165, 1.54) is 5.56 Å². The molecule has 3 heterocycles. The van der Waals surface area contributed by atoms with E-state index in [4.69, 9.17) is 4.52 Å². The van der Waals surface area contributed by atoms with Crippen molar-refractivity contribution in [2.24, 2.45) is 5.92 Å². The molecule has 31 heavy (non-hydrogen) atoms. The SMILES string of the molecule is Cc1ccc(-c2noc(C(C)N3CCN(C(=O)c4cc(CC(C)C)[nH]n4)CC3)n2)cc1. The number of benzene rings is 1. The van der Waals surface area contributed by atoms with Crippen LogP contribution in [0.3, 0.4) is 0 Å². The molecule has 0 spiro atoms. The number of piperazine rings is 1. The number of hydrogen-bond acceptors (Lipinski definition) is 6. The van der Waals surface area contributed by atoms with Crippen LogP contribution in [0.4, 0.5) is 0 Å². The van der Waals surface area contributed by atoms with Gasteiger partial charge in [-0.1, -0.05) is 48.8 Å². The van der Waals surface area contributed by atoms with Crippen LogP contribution in [0.2, 0.25) is 0 Å². The van der Waals surface area contributed by atoms with Crippen molar-refractivity contribution >= 4 is 5.91 Å². The lowest BCUT2D eigenvalue weighted by Crippen LogP contribution is -2.49. The summed E-state index contributed by atoms with van der Waals surface area (Å²) in [7, 11) is 0. The fraction of sp³-hybridized carbons (Fsp3) is 0.478. The van der Waals surface area contributed by atoms with Gasteiger partial charge in [-0.3, -0.25) is 14.8 Å². The molecule has 0 saturated carbocycles. The second kappa shape index (κ2) is 9.01. The zero-order valence-corrected chi connectivity index (χ0v) is 18.6. The molecule has 0 bridgehead atoms. The number of carbonyl (C=O) groups is 1. The third-order valence-electron chi connectivity index (χ3n) is 5.74. The van der Waals surface area contributed by atoms with Gasteiger partial charge in [0.05, 0.1) is 6.04 Å². The third-order valence-corrected chi connectivity index (χ3v) is 5.74. The molecule has 1 saturated heterocycles. The minimum atomic E-state index is -0.0157. The summed E-state index contributed by atoms with van der Waals surface area (Å²) in [5.74, 6) is 1.70. The maximum Gasteiger partial charge on any atom is 0.274 e. The number of aromatic amines is 1. The summed E-state index contributed by atoms with van der Waals surface area (Å²) in [5, 5.41) is 11.4. The predicted octanol–water partition coefficient (Wildman–Crippen LogP) is 3.49. The van der Waals surface area contributed by atoms with Crippen LogP contribution in [0.25, 0.3) is 11.4 Å². The fourth-order valence-electron chi connectivity index (χ4n) is 3.87. The lowest BCUT2D eigenvalue weighted by Gasteiger charge is -2.36. The molecule has 1 N–H and O–H groups in total. The second-order valence-corrected chi connectivity index (χ2v) is 8.70. The highest BCUT2D eigenvalue weighted by atomic mass is 16.5. The molecule has 1 unspecified atom stereocenters. The molecular weight excluding hydrogens is 392 g/mol. The molecule has 1 aliphatic heterocycles. The molecule has 8 nitrogen and oxygen atoms in total. The average Bonchev–Trinajstić information content (AvgIpc) is 3.43. The minimum Gasteiger partial charge on any atom is -0.337 e. The molecule has 1 atom stereocenters. The monoisotopic (exact) mass is 422 g/mol. The van der Waals surface area contributed by atoms with Crippen LogP contribution < -0.4 is 0 Å². The molecule has 1 aliphatic rings. The number of aromatic nitrogens is 4. The molecule has 1 amide bonds. The normalized spacial score (nSPS) is 16.1. The topological polar surface area (TPSA) is 91.2 Å². The van der Waals surface area contributed by atoms with Crippen molar-refractivity contribution in [3.8, 4) is 11.4 Å². The number of aryl methyl sites for hydroxylation is 1. The lowest BCUT2D eigenvalue weighted by atomic mass is 10.1. The van der Waals surface area contributed by atoms with Crippen molar-refractivity contribution in [2.75, 3.05) is 26.2 Å². The summed E-state index contributed by atoms with van der Waals surface area (Å²) >= 11 is 0. The summed E-state index contributed by atoms with van der Waals surface area (Å²) in [6, 6.07) is 9.95. The highest BCUT2D eigenvalue weighted by Crippen LogP contribution is 2.24. The van der Waals surface area contributed by atoms with Gasteiger partial charge in [0.2, 0.25) is 11.7 Å². The van der Waals surface area contributed by atoms with Crippen molar-refractivity contribution in [3.05, 3.63) is 53.2 Å². The second-order valence-electron chi connectivity index (χ2n) is 8.70. The Morgan fingerprint density at radius 3 is 2.52 bits per heavy atom. The van der Waals surface area contributed by atoms with E-state index in [0.717, 1.165) is 30.8 Å². The van der Waals surface area contributed by atoms with E-state index < -0.39 is 0 Å². The van der Waals surface area contributed by atoms with Crippen molar-refractivity contribution in [1.82, 2.24) is 30.1 Å². The van der Waals surface area contributed by atoms with E-state index >= 15 is 0 Å². The van der Waals surface area contributed by atoms with E-state index in [0.29, 0.717) is 36.4 Å². The van der Waals surface area contributed by atoms with Gasteiger partial charge in [-0.05, 0) is 32.3 Å². The molecule has 3 aromatic rings. The molecule has 8 heteroatoms. The van der Waals surface area contributed by atoms with Gasteiger partial charge in [0, 0.05) is 37.4 Å². The van der Waals surface area contributed by atoms with Gasteiger partial charge in [0.25, 0.3) is 5.91 Å². The maximum atomic E-state index is 12.8. The molecular formula is C23H30N6O2. The molecule has 4 rings (SSSR count). The van der Waals surface area contributed by atoms with Gasteiger partial charge >= 0.3 is 0 Å². The molecule has 2 aromatic heterocycles. The van der Waals surface area contributed by atoms with Crippen LogP contribution in [-0.2, 0) is 6.42 Å². The summed E-state index contributed by atoms with van der Waals surface area (Å²) in [6.07, 6.45) is 0.889. The first kappa shape index (κ1) is 21.2. The fourth-order valence-corrected chi connectivity index (χ4v) is 3.87. The third kappa shape index (κ3) is 4.85. The minimum absolute atomic E-state index is 0.00743. The first-order valence-corrected chi connectivity index (χ1v) is 10.9. The zero-order chi connectivity index (χ0) is 22.0. The van der Waals surface area contributed by atoms with Crippen LogP contribution in [0.5, 0.6) is 0 Å². The van der Waals surface area contributed by atoms with Crippen molar-refractivity contribution < 1.29 is 9.32 Å². The van der Waals surface area contributed by atoms with Gasteiger partial charge in [0.1, 0.15) is 5.69 Å². The van der Waals surface area contributed by atoms with Gasteiger partial charge < -0.3 is 9.42 Å². The highest BCUT2D eigenvalue weighted by Gasteiger charge is 2.29. The standard InChI is InChI=1S/C23H30N6O2/c1-15(2)13-19-14-20(26-25-19)23(30)29-11-9-28(10-12-29)17(4)22-24-21(27-31-22)18-7-5-16(3)6-8-18/h5-8,14-15,17H,9-13H2,1-4H3,(H,25,26). The van der Waals surface area contributed by atoms with Gasteiger partial charge in [-0.25, -0.2) is 0 Å². The van der Waals surface area contributed by atoms with Crippen LogP contribution in [0.15, 0.2) is 34.9 Å². The smallest absolute Gasteiger partial charge is 0.274 e. The van der Waals surface area contributed by atoms with Crippen LogP contribution in [0.1, 0.15) is 54.4 Å². The number of H-pyrrole nitrogens is 1. The Labute approximate surface area is 182 Å². The Kier molecular flexibility index (Phi) is 6.18. The van der Waals surface area contributed by atoms with E-state index in [2.05, 4.69) is 52.9 Å². The number of hydrogen-bond donors (Lipinski definition) is 1. The van der Waals surface area contributed by atoms with Crippen molar-refractivity contribution in [1.29, 1.82) is 0 Å². The Morgan fingerprint density at radius 1 is 1.13 bits per heavy atom. The Balaban J connectivity index is 1.34.